The van der Waals surface area contributed by atoms with Gasteiger partial charge in [-0.15, -0.1) is 0 Å². The highest BCUT2D eigenvalue weighted by atomic mass is 16.3. The summed E-state index contributed by atoms with van der Waals surface area (Å²) in [5, 5.41) is 26.0. The van der Waals surface area contributed by atoms with Gasteiger partial charge in [0, 0.05) is 23.1 Å². The molecule has 3 N–H and O–H groups in total. The molecule has 1 saturated carbocycles. The fraction of sp³-hybridized carbons (Fsp3) is 0.500. The van der Waals surface area contributed by atoms with E-state index in [0.29, 0.717) is 17.2 Å². The smallest absolute Gasteiger partial charge is 0.251 e. The van der Waals surface area contributed by atoms with E-state index in [1.54, 1.807) is 24.3 Å². The summed E-state index contributed by atoms with van der Waals surface area (Å²) in [7, 11) is 0. The fourth-order valence-electron chi connectivity index (χ4n) is 1.94. The Morgan fingerprint density at radius 1 is 1.38 bits per heavy atom. The molecule has 7 heteroatoms. The Hall–Kier alpha value is -2.08. The topological polar surface area (TPSA) is 118 Å². The largest absolute Gasteiger partial charge is 0.390 e. The van der Waals surface area contributed by atoms with Crippen molar-refractivity contribution in [2.24, 2.45) is 5.11 Å². The first kappa shape index (κ1) is 15.3. The second-order valence-electron chi connectivity index (χ2n) is 5.13. The summed E-state index contributed by atoms with van der Waals surface area (Å²) in [5.74, 6) is -0.123. The van der Waals surface area contributed by atoms with Crippen molar-refractivity contribution in [3.8, 4) is 0 Å². The minimum absolute atomic E-state index is 0.122. The molecule has 0 saturated heterocycles. The highest BCUT2D eigenvalue weighted by Gasteiger charge is 2.24. The lowest BCUT2D eigenvalue weighted by molar-refractivity contribution is 0.0150. The zero-order valence-electron chi connectivity index (χ0n) is 11.5. The normalized spacial score (nSPS) is 16.7. The molecule has 112 valence electrons. The number of aliphatic hydroxyl groups excluding tert-OH is 2. The molecule has 1 aromatic carbocycles. The summed E-state index contributed by atoms with van der Waals surface area (Å²) in [6.45, 7) is 0.122. The summed E-state index contributed by atoms with van der Waals surface area (Å²) in [6.07, 6.45) is 0.149. The van der Waals surface area contributed by atoms with E-state index in [0.717, 1.165) is 12.8 Å². The molecule has 1 aliphatic rings. The molecule has 0 bridgehead atoms. The number of hydrogen-bond acceptors (Lipinski definition) is 4. The first-order valence-corrected chi connectivity index (χ1v) is 6.89. The minimum atomic E-state index is -1.07. The summed E-state index contributed by atoms with van der Waals surface area (Å²) < 4.78 is 0. The number of hydrogen-bond donors (Lipinski definition) is 3. The van der Waals surface area contributed by atoms with Crippen molar-refractivity contribution in [3.63, 3.8) is 0 Å². The highest BCUT2D eigenvalue weighted by Crippen LogP contribution is 2.21. The molecule has 1 aromatic rings. The molecule has 0 aliphatic heterocycles. The van der Waals surface area contributed by atoms with Crippen molar-refractivity contribution < 1.29 is 15.0 Å². The molecule has 0 aromatic heterocycles. The van der Waals surface area contributed by atoms with Crippen LogP contribution in [0.5, 0.6) is 0 Å². The van der Waals surface area contributed by atoms with Gasteiger partial charge in [-0.2, -0.15) is 0 Å². The third-order valence-electron chi connectivity index (χ3n) is 3.38. The van der Waals surface area contributed by atoms with E-state index in [2.05, 4.69) is 15.3 Å². The van der Waals surface area contributed by atoms with E-state index in [-0.39, 0.29) is 18.9 Å². The van der Waals surface area contributed by atoms with Gasteiger partial charge < -0.3 is 15.5 Å². The Kier molecular flexibility index (Phi) is 5.16. The standard InChI is InChI=1S/C14H18N4O3/c15-18-16-8-7-12(19)13(20)9-1-3-10(4-2-9)14(21)17-11-5-6-11/h1-4,11-13,19-20H,5-8H2,(H,17,21). The lowest BCUT2D eigenvalue weighted by Crippen LogP contribution is -2.25. The first-order chi connectivity index (χ1) is 10.1. The lowest BCUT2D eigenvalue weighted by atomic mass is 10.0. The molecule has 1 amide bonds. The van der Waals surface area contributed by atoms with Crippen LogP contribution in [0.25, 0.3) is 10.4 Å². The number of aliphatic hydroxyl groups is 2. The van der Waals surface area contributed by atoms with Crippen LogP contribution in [-0.2, 0) is 0 Å². The zero-order chi connectivity index (χ0) is 15.2. The second-order valence-corrected chi connectivity index (χ2v) is 5.13. The van der Waals surface area contributed by atoms with Crippen LogP contribution >= 0.6 is 0 Å². The molecule has 1 fully saturated rings. The number of nitrogens with one attached hydrogen (secondary N) is 1. The van der Waals surface area contributed by atoms with Gasteiger partial charge in [-0.25, -0.2) is 0 Å². The Bertz CT molecular complexity index is 536. The average Bonchev–Trinajstić information content (AvgIpc) is 3.30. The molecule has 0 heterocycles. The maximum absolute atomic E-state index is 11.8. The second kappa shape index (κ2) is 7.08. The first-order valence-electron chi connectivity index (χ1n) is 6.89. The maximum Gasteiger partial charge on any atom is 0.251 e. The van der Waals surface area contributed by atoms with Gasteiger partial charge in [0.2, 0.25) is 0 Å². The molecule has 2 atom stereocenters. The average molecular weight is 290 g/mol. The summed E-state index contributed by atoms with van der Waals surface area (Å²) >= 11 is 0. The Morgan fingerprint density at radius 3 is 2.62 bits per heavy atom. The summed E-state index contributed by atoms with van der Waals surface area (Å²) in [4.78, 5) is 14.4. The quantitative estimate of drug-likeness (QED) is 0.402. The van der Waals surface area contributed by atoms with Crippen LogP contribution in [0.1, 0.15) is 41.3 Å². The Balaban J connectivity index is 1.93. The molecule has 2 rings (SSSR count). The third-order valence-corrected chi connectivity index (χ3v) is 3.38. The monoisotopic (exact) mass is 290 g/mol. The van der Waals surface area contributed by atoms with Crippen molar-refractivity contribution in [2.75, 3.05) is 6.54 Å². The predicted octanol–water partition coefficient (Wildman–Crippen LogP) is 1.67. The van der Waals surface area contributed by atoms with Crippen LogP contribution < -0.4 is 5.32 Å². The van der Waals surface area contributed by atoms with Crippen LogP contribution in [0.2, 0.25) is 0 Å². The molecule has 1 aliphatic carbocycles. The fourth-order valence-corrected chi connectivity index (χ4v) is 1.94. The van der Waals surface area contributed by atoms with Crippen LogP contribution in [0, 0.1) is 0 Å². The van der Waals surface area contributed by atoms with Crippen LogP contribution in [0.15, 0.2) is 29.4 Å². The highest BCUT2D eigenvalue weighted by molar-refractivity contribution is 5.94. The van der Waals surface area contributed by atoms with E-state index >= 15 is 0 Å². The van der Waals surface area contributed by atoms with Crippen LogP contribution in [0.3, 0.4) is 0 Å². The van der Waals surface area contributed by atoms with E-state index in [1.165, 1.54) is 0 Å². The SMILES string of the molecule is [N-]=[N+]=NCCC(O)C(O)c1ccc(C(=O)NC2CC2)cc1. The molecular formula is C14H18N4O3. The van der Waals surface area contributed by atoms with Crippen molar-refractivity contribution in [2.45, 2.75) is 37.5 Å². The van der Waals surface area contributed by atoms with E-state index in [9.17, 15) is 15.0 Å². The Labute approximate surface area is 122 Å². The number of azide groups is 1. The number of rotatable bonds is 7. The summed E-state index contributed by atoms with van der Waals surface area (Å²) in [5.41, 5.74) is 9.21. The van der Waals surface area contributed by atoms with Crippen LogP contribution in [0.4, 0.5) is 0 Å². The predicted molar refractivity (Wildman–Crippen MR) is 76.5 cm³/mol. The minimum Gasteiger partial charge on any atom is -0.390 e. The van der Waals surface area contributed by atoms with E-state index < -0.39 is 12.2 Å². The molecule has 0 radical (unpaired) electrons. The molecule has 7 nitrogen and oxygen atoms in total. The van der Waals surface area contributed by atoms with Gasteiger partial charge in [0.1, 0.15) is 6.10 Å². The van der Waals surface area contributed by atoms with E-state index in [4.69, 9.17) is 5.53 Å². The molecule has 2 unspecified atom stereocenters. The summed E-state index contributed by atoms with van der Waals surface area (Å²) in [6, 6.07) is 6.77. The molecular weight excluding hydrogens is 272 g/mol. The van der Waals surface area contributed by atoms with Crippen molar-refractivity contribution >= 4 is 5.91 Å². The number of nitrogens with zero attached hydrogens (tertiary/aromatic N) is 3. The number of carbonyl (C=O) groups excluding carboxylic acids is 1. The number of carbonyl (C=O) groups is 1. The molecule has 0 spiro atoms. The van der Waals surface area contributed by atoms with Gasteiger partial charge in [-0.05, 0) is 42.5 Å². The van der Waals surface area contributed by atoms with Gasteiger partial charge in [0.25, 0.3) is 5.91 Å². The van der Waals surface area contributed by atoms with Crippen molar-refractivity contribution in [1.82, 2.24) is 5.32 Å². The van der Waals surface area contributed by atoms with E-state index in [1.807, 2.05) is 0 Å². The number of amides is 1. The maximum atomic E-state index is 11.8. The van der Waals surface area contributed by atoms with Crippen molar-refractivity contribution in [1.29, 1.82) is 0 Å². The van der Waals surface area contributed by atoms with Gasteiger partial charge in [-0.1, -0.05) is 17.2 Å². The number of benzene rings is 1. The zero-order valence-corrected chi connectivity index (χ0v) is 11.5. The van der Waals surface area contributed by atoms with Gasteiger partial charge >= 0.3 is 0 Å². The van der Waals surface area contributed by atoms with Crippen molar-refractivity contribution in [3.05, 3.63) is 45.8 Å². The third kappa shape index (κ3) is 4.46. The van der Waals surface area contributed by atoms with Crippen LogP contribution in [-0.4, -0.2) is 34.8 Å². The molecule has 21 heavy (non-hydrogen) atoms. The van der Waals surface area contributed by atoms with Gasteiger partial charge in [0.15, 0.2) is 0 Å². The van der Waals surface area contributed by atoms with Gasteiger partial charge in [0.05, 0.1) is 6.10 Å². The van der Waals surface area contributed by atoms with Gasteiger partial charge in [-0.3, -0.25) is 4.79 Å². The Morgan fingerprint density at radius 2 is 2.05 bits per heavy atom. The lowest BCUT2D eigenvalue weighted by Gasteiger charge is -2.17.